The molecule has 0 radical (unpaired) electrons. The first-order valence-corrected chi connectivity index (χ1v) is 16.2. The van der Waals surface area contributed by atoms with Crippen molar-refractivity contribution in [3.63, 3.8) is 0 Å². The molecular formula is C31H55NO15. The molecule has 0 fully saturated rings. The van der Waals surface area contributed by atoms with E-state index in [0.717, 1.165) is 4.90 Å². The Bertz CT molecular complexity index is 768. The van der Waals surface area contributed by atoms with Gasteiger partial charge in [0.25, 0.3) is 11.8 Å². The number of carbonyl (C=O) groups excluding carboxylic acids is 3. The van der Waals surface area contributed by atoms with Crippen LogP contribution in [0.1, 0.15) is 13.3 Å². The third kappa shape index (κ3) is 28.6. The lowest BCUT2D eigenvalue weighted by Crippen LogP contribution is -2.33. The van der Waals surface area contributed by atoms with Crippen LogP contribution < -0.4 is 0 Å². The number of rotatable bonds is 37. The van der Waals surface area contributed by atoms with Crippen LogP contribution in [0.5, 0.6) is 0 Å². The zero-order valence-corrected chi connectivity index (χ0v) is 27.9. The van der Waals surface area contributed by atoms with E-state index in [0.29, 0.717) is 145 Å². The van der Waals surface area contributed by atoms with E-state index in [9.17, 15) is 14.4 Å². The molecule has 47 heavy (non-hydrogen) atoms. The zero-order valence-electron chi connectivity index (χ0n) is 27.9. The molecule has 16 nitrogen and oxygen atoms in total. The summed E-state index contributed by atoms with van der Waals surface area (Å²) in [6, 6.07) is 0. The molecular weight excluding hydrogens is 626 g/mol. The van der Waals surface area contributed by atoms with Crippen molar-refractivity contribution in [2.24, 2.45) is 0 Å². The minimum atomic E-state index is -0.310. The monoisotopic (exact) mass is 681 g/mol. The average Bonchev–Trinajstić information content (AvgIpc) is 3.39. The van der Waals surface area contributed by atoms with Gasteiger partial charge in [-0.15, -0.1) is 0 Å². The number of imide groups is 1. The molecule has 1 aliphatic heterocycles. The van der Waals surface area contributed by atoms with Crippen LogP contribution >= 0.6 is 0 Å². The third-order valence-electron chi connectivity index (χ3n) is 5.84. The summed E-state index contributed by atoms with van der Waals surface area (Å²) in [7, 11) is 0. The summed E-state index contributed by atoms with van der Waals surface area (Å²) in [5, 5.41) is 0. The first-order valence-electron chi connectivity index (χ1n) is 16.2. The topological polar surface area (TPSA) is 165 Å². The molecule has 1 heterocycles. The van der Waals surface area contributed by atoms with Crippen molar-refractivity contribution in [3.8, 4) is 0 Å². The fourth-order valence-corrected chi connectivity index (χ4v) is 3.50. The largest absolute Gasteiger partial charge is 0.466 e. The Morgan fingerprint density at radius 1 is 0.447 bits per heavy atom. The van der Waals surface area contributed by atoms with Gasteiger partial charge in [-0.05, 0) is 6.92 Å². The molecule has 0 aromatic heterocycles. The number of esters is 1. The van der Waals surface area contributed by atoms with Crippen molar-refractivity contribution < 1.29 is 71.2 Å². The Hall–Kier alpha value is -2.09. The summed E-state index contributed by atoms with van der Waals surface area (Å²) in [5.41, 5.74) is 0. The van der Waals surface area contributed by atoms with Crippen LogP contribution in [0.25, 0.3) is 0 Å². The van der Waals surface area contributed by atoms with E-state index >= 15 is 0 Å². The van der Waals surface area contributed by atoms with Gasteiger partial charge < -0.3 is 56.8 Å². The maximum atomic E-state index is 11.4. The van der Waals surface area contributed by atoms with E-state index in [-0.39, 0.29) is 37.4 Å². The first-order chi connectivity index (χ1) is 23.1. The number of carbonyl (C=O) groups is 3. The fourth-order valence-electron chi connectivity index (χ4n) is 3.50. The van der Waals surface area contributed by atoms with Crippen LogP contribution in [0.15, 0.2) is 12.2 Å². The normalized spacial score (nSPS) is 12.9. The maximum absolute atomic E-state index is 11.4. The number of hydrogen-bond donors (Lipinski definition) is 0. The van der Waals surface area contributed by atoms with Crippen LogP contribution in [-0.4, -0.2) is 181 Å². The number of hydrogen-bond acceptors (Lipinski definition) is 15. The number of ether oxygens (including phenoxy) is 12. The lowest BCUT2D eigenvalue weighted by Gasteiger charge is -2.13. The van der Waals surface area contributed by atoms with Crippen LogP contribution in [0, 0.1) is 0 Å². The van der Waals surface area contributed by atoms with Gasteiger partial charge in [-0.1, -0.05) is 0 Å². The molecule has 0 aliphatic carbocycles. The van der Waals surface area contributed by atoms with Gasteiger partial charge in [0.05, 0.1) is 165 Å². The second-order valence-electron chi connectivity index (χ2n) is 9.45. The predicted molar refractivity (Wildman–Crippen MR) is 166 cm³/mol. The Morgan fingerprint density at radius 2 is 0.702 bits per heavy atom. The molecule has 274 valence electrons. The summed E-state index contributed by atoms with van der Waals surface area (Å²) in [5.74, 6) is -0.876. The lowest BCUT2D eigenvalue weighted by molar-refractivity contribution is -0.144. The van der Waals surface area contributed by atoms with E-state index in [1.54, 1.807) is 6.92 Å². The van der Waals surface area contributed by atoms with Crippen molar-refractivity contribution >= 4 is 17.8 Å². The summed E-state index contributed by atoms with van der Waals surface area (Å²) in [6.45, 7) is 12.2. The minimum absolute atomic E-state index is 0.236. The minimum Gasteiger partial charge on any atom is -0.466 e. The maximum Gasteiger partial charge on any atom is 0.308 e. The molecule has 0 N–H and O–H groups in total. The zero-order chi connectivity index (χ0) is 33.9. The van der Waals surface area contributed by atoms with Gasteiger partial charge in [0.2, 0.25) is 0 Å². The van der Waals surface area contributed by atoms with Crippen LogP contribution in [-0.2, 0) is 71.2 Å². The summed E-state index contributed by atoms with van der Waals surface area (Å²) in [6.07, 6.45) is 2.75. The second-order valence-corrected chi connectivity index (χ2v) is 9.45. The SMILES string of the molecule is CCOC(=O)CCOCCOCCOCCOCCOCCOCCOCCOCCOCCOCCOCCN1C(=O)C=CC1=O. The van der Waals surface area contributed by atoms with Gasteiger partial charge in [0.1, 0.15) is 0 Å². The van der Waals surface area contributed by atoms with Crippen molar-refractivity contribution in [2.75, 3.05) is 159 Å². The van der Waals surface area contributed by atoms with Gasteiger partial charge in [-0.2, -0.15) is 0 Å². The highest BCUT2D eigenvalue weighted by Gasteiger charge is 2.22. The highest BCUT2D eigenvalue weighted by Crippen LogP contribution is 2.02. The van der Waals surface area contributed by atoms with E-state index in [2.05, 4.69) is 0 Å². The van der Waals surface area contributed by atoms with Gasteiger partial charge in [0, 0.05) is 12.2 Å². The lowest BCUT2D eigenvalue weighted by atomic mass is 10.5. The highest BCUT2D eigenvalue weighted by atomic mass is 16.6. The quantitative estimate of drug-likeness (QED) is 0.0490. The van der Waals surface area contributed by atoms with Crippen molar-refractivity contribution in [1.82, 2.24) is 4.90 Å². The Labute approximate surface area is 278 Å². The molecule has 1 rings (SSSR count). The number of nitrogens with zero attached hydrogens (tertiary/aromatic N) is 1. The molecule has 0 aromatic carbocycles. The molecule has 0 atom stereocenters. The second kappa shape index (κ2) is 33.8. The van der Waals surface area contributed by atoms with E-state index < -0.39 is 0 Å². The van der Waals surface area contributed by atoms with E-state index in [1.807, 2.05) is 0 Å². The Kier molecular flexibility index (Phi) is 30.9. The Balaban J connectivity index is 1.63. The number of amides is 2. The summed E-state index contributed by atoms with van der Waals surface area (Å²) >= 11 is 0. The van der Waals surface area contributed by atoms with Crippen LogP contribution in [0.4, 0.5) is 0 Å². The van der Waals surface area contributed by atoms with Crippen molar-refractivity contribution in [2.45, 2.75) is 13.3 Å². The molecule has 2 amide bonds. The predicted octanol–water partition coefficient (Wildman–Crippen LogP) is 0.0472. The Morgan fingerprint density at radius 3 is 0.979 bits per heavy atom. The summed E-state index contributed by atoms with van der Waals surface area (Å²) in [4.78, 5) is 35.1. The molecule has 0 unspecified atom stereocenters. The average molecular weight is 682 g/mol. The van der Waals surface area contributed by atoms with Gasteiger partial charge in [-0.25, -0.2) is 0 Å². The van der Waals surface area contributed by atoms with Crippen LogP contribution in [0.2, 0.25) is 0 Å². The fraction of sp³-hybridized carbons (Fsp3) is 0.839. The van der Waals surface area contributed by atoms with Crippen molar-refractivity contribution in [1.29, 1.82) is 0 Å². The molecule has 16 heteroatoms. The smallest absolute Gasteiger partial charge is 0.308 e. The van der Waals surface area contributed by atoms with E-state index in [1.165, 1.54) is 12.2 Å². The third-order valence-corrected chi connectivity index (χ3v) is 5.84. The van der Waals surface area contributed by atoms with Gasteiger partial charge in [0.15, 0.2) is 0 Å². The first kappa shape index (κ1) is 42.9. The van der Waals surface area contributed by atoms with E-state index in [4.69, 9.17) is 56.8 Å². The van der Waals surface area contributed by atoms with Crippen LogP contribution in [0.3, 0.4) is 0 Å². The van der Waals surface area contributed by atoms with Gasteiger partial charge in [-0.3, -0.25) is 19.3 Å². The molecule has 0 spiro atoms. The molecule has 1 aliphatic rings. The van der Waals surface area contributed by atoms with Crippen molar-refractivity contribution in [3.05, 3.63) is 12.2 Å². The standard InChI is InChI=1S/C31H55NO15/c1-2-47-31(35)5-7-36-9-11-38-13-15-40-17-19-42-21-23-44-25-27-46-28-26-45-24-22-43-20-18-41-16-14-39-12-10-37-8-6-32-29(33)3-4-30(32)34/h3-4H,2,5-28H2,1H3. The molecule has 0 saturated heterocycles. The highest BCUT2D eigenvalue weighted by molar-refractivity contribution is 6.12. The molecule has 0 aromatic rings. The molecule has 0 bridgehead atoms. The summed E-state index contributed by atoms with van der Waals surface area (Å²) < 4.78 is 64.4. The molecule has 0 saturated carbocycles. The van der Waals surface area contributed by atoms with Gasteiger partial charge >= 0.3 is 5.97 Å².